The minimum atomic E-state index is -1.64. The maximum atomic E-state index is 14.8. The van der Waals surface area contributed by atoms with Gasteiger partial charge in [-0.3, -0.25) is 14.4 Å². The molecular formula is C35H26ClNO5. The molecule has 0 saturated carbocycles. The second-order valence-corrected chi connectivity index (χ2v) is 11.2. The summed E-state index contributed by atoms with van der Waals surface area (Å²) in [5.41, 5.74) is 1.74. The number of carbonyl (C=O) groups is 3. The zero-order valence-corrected chi connectivity index (χ0v) is 23.7. The van der Waals surface area contributed by atoms with Crippen LogP contribution in [0, 0.1) is 5.41 Å². The highest BCUT2D eigenvalue weighted by atomic mass is 35.5. The fraction of sp³-hybridized carbons (Fsp3) is 0.171. The van der Waals surface area contributed by atoms with E-state index in [2.05, 4.69) is 0 Å². The largest absolute Gasteiger partial charge is 0.493 e. The molecule has 208 valence electrons. The lowest BCUT2D eigenvalue weighted by atomic mass is 9.64. The van der Waals surface area contributed by atoms with Gasteiger partial charge in [-0.05, 0) is 42.0 Å². The Morgan fingerprint density at radius 2 is 1.48 bits per heavy atom. The Labute approximate surface area is 248 Å². The van der Waals surface area contributed by atoms with Gasteiger partial charge in [0.1, 0.15) is 11.5 Å². The van der Waals surface area contributed by atoms with E-state index in [1.54, 1.807) is 60.7 Å². The van der Waals surface area contributed by atoms with Crippen molar-refractivity contribution in [3.8, 4) is 11.5 Å². The van der Waals surface area contributed by atoms with Gasteiger partial charge in [0.25, 0.3) is 0 Å². The number of nitrogens with zero attached hydrogens (tertiary/aromatic N) is 1. The maximum absolute atomic E-state index is 14.8. The molecule has 1 fully saturated rings. The van der Waals surface area contributed by atoms with Crippen molar-refractivity contribution < 1.29 is 23.9 Å². The Kier molecular flexibility index (Phi) is 6.06. The second kappa shape index (κ2) is 9.71. The molecule has 4 aromatic rings. The number of anilines is 1. The summed E-state index contributed by atoms with van der Waals surface area (Å²) in [4.78, 5) is 46.4. The standard InChI is InChI=1S/C35H26ClNO5/c1-41-27-13-7-11-25(32(27)42-2)29-30(31(38)21-14-17-22(36)18-15-21)37-26-12-6-3-8-20(26)16-19-28(37)35(29)33(39)23-9-4-5-10-24(23)34(35)40/h3-19,28-30H,1-2H3/t28-,29+,30-/m1/s1. The highest BCUT2D eigenvalue weighted by molar-refractivity contribution is 6.32. The maximum Gasteiger partial charge on any atom is 0.185 e. The average molecular weight is 576 g/mol. The number of hydrogen-bond acceptors (Lipinski definition) is 6. The minimum absolute atomic E-state index is 0.231. The smallest absolute Gasteiger partial charge is 0.185 e. The SMILES string of the molecule is COc1cccc([C@H]2[C@H](C(=O)c3ccc(Cl)cc3)N3c4ccccc4C=C[C@@H]3C23C(=O)c2ccccc2C3=O)c1OC. The number of hydrogen-bond donors (Lipinski definition) is 0. The first-order valence-corrected chi connectivity index (χ1v) is 14.1. The van der Waals surface area contributed by atoms with Gasteiger partial charge >= 0.3 is 0 Å². The Morgan fingerprint density at radius 3 is 2.14 bits per heavy atom. The van der Waals surface area contributed by atoms with Gasteiger partial charge in [0.15, 0.2) is 28.8 Å². The van der Waals surface area contributed by atoms with Crippen molar-refractivity contribution in [1.29, 1.82) is 0 Å². The van der Waals surface area contributed by atoms with E-state index in [-0.39, 0.29) is 17.3 Å². The zero-order valence-electron chi connectivity index (χ0n) is 22.9. The first kappa shape index (κ1) is 26.2. The number of benzene rings is 4. The van der Waals surface area contributed by atoms with E-state index in [1.807, 2.05) is 47.4 Å². The highest BCUT2D eigenvalue weighted by Crippen LogP contribution is 2.62. The van der Waals surface area contributed by atoms with Gasteiger partial charge in [-0.2, -0.15) is 0 Å². The van der Waals surface area contributed by atoms with Gasteiger partial charge in [0.05, 0.1) is 20.3 Å². The van der Waals surface area contributed by atoms with Crippen LogP contribution in [0.2, 0.25) is 5.02 Å². The lowest BCUT2D eigenvalue weighted by Crippen LogP contribution is -2.48. The molecule has 6 nitrogen and oxygen atoms in total. The van der Waals surface area contributed by atoms with Crippen molar-refractivity contribution in [3.63, 3.8) is 0 Å². The van der Waals surface area contributed by atoms with E-state index in [0.717, 1.165) is 11.3 Å². The van der Waals surface area contributed by atoms with E-state index < -0.39 is 23.4 Å². The third kappa shape index (κ3) is 3.42. The summed E-state index contributed by atoms with van der Waals surface area (Å²) in [5.74, 6) is -0.929. The fourth-order valence-electron chi connectivity index (χ4n) is 7.20. The minimum Gasteiger partial charge on any atom is -0.493 e. The summed E-state index contributed by atoms with van der Waals surface area (Å²) < 4.78 is 11.5. The van der Waals surface area contributed by atoms with Crippen LogP contribution in [0.3, 0.4) is 0 Å². The molecule has 0 N–H and O–H groups in total. The molecule has 0 amide bonds. The molecule has 1 aliphatic carbocycles. The van der Waals surface area contributed by atoms with E-state index in [1.165, 1.54) is 14.2 Å². The monoisotopic (exact) mass is 575 g/mol. The molecular weight excluding hydrogens is 550 g/mol. The van der Waals surface area contributed by atoms with Gasteiger partial charge in [-0.1, -0.05) is 78.4 Å². The number of rotatable bonds is 5. The number of methoxy groups -OCH3 is 2. The molecule has 0 aromatic heterocycles. The lowest BCUT2D eigenvalue weighted by Gasteiger charge is -2.37. The molecule has 7 heteroatoms. The topological polar surface area (TPSA) is 72.9 Å². The molecule has 1 spiro atoms. The number of fused-ring (bicyclic) bond motifs is 5. The van der Waals surface area contributed by atoms with Crippen LogP contribution < -0.4 is 14.4 Å². The first-order valence-electron chi connectivity index (χ1n) is 13.7. The summed E-state index contributed by atoms with van der Waals surface area (Å²) in [7, 11) is 3.06. The molecule has 2 aliphatic heterocycles. The van der Waals surface area contributed by atoms with Gasteiger partial charge in [-0.25, -0.2) is 0 Å². The van der Waals surface area contributed by atoms with E-state index in [0.29, 0.717) is 38.8 Å². The number of Topliss-reactive ketones (excluding diaryl/α,β-unsaturated/α-hetero) is 3. The number of para-hydroxylation sites is 2. The third-order valence-electron chi connectivity index (χ3n) is 8.88. The van der Waals surface area contributed by atoms with Crippen LogP contribution in [0.5, 0.6) is 11.5 Å². The predicted octanol–water partition coefficient (Wildman–Crippen LogP) is 6.67. The lowest BCUT2D eigenvalue weighted by molar-refractivity contribution is 0.0664. The number of ether oxygens (including phenoxy) is 2. The summed E-state index contributed by atoms with van der Waals surface area (Å²) in [6.07, 6.45) is 3.84. The second-order valence-electron chi connectivity index (χ2n) is 10.7. The first-order chi connectivity index (χ1) is 20.4. The van der Waals surface area contributed by atoms with Crippen LogP contribution in [-0.4, -0.2) is 43.7 Å². The van der Waals surface area contributed by atoms with Crippen LogP contribution in [0.15, 0.2) is 97.1 Å². The van der Waals surface area contributed by atoms with Crippen molar-refractivity contribution in [2.24, 2.45) is 5.41 Å². The molecule has 42 heavy (non-hydrogen) atoms. The summed E-state index contributed by atoms with van der Waals surface area (Å²) in [6, 6.07) is 25.1. The van der Waals surface area contributed by atoms with Crippen molar-refractivity contribution in [1.82, 2.24) is 0 Å². The predicted molar refractivity (Wildman–Crippen MR) is 161 cm³/mol. The van der Waals surface area contributed by atoms with Gasteiger partial charge < -0.3 is 14.4 Å². The third-order valence-corrected chi connectivity index (χ3v) is 9.13. The molecule has 0 unspecified atom stereocenters. The molecule has 0 radical (unpaired) electrons. The molecule has 3 atom stereocenters. The van der Waals surface area contributed by atoms with Gasteiger partial charge in [0.2, 0.25) is 0 Å². The van der Waals surface area contributed by atoms with Crippen LogP contribution >= 0.6 is 11.6 Å². The molecule has 2 heterocycles. The average Bonchev–Trinajstić information content (AvgIpc) is 3.46. The fourth-order valence-corrected chi connectivity index (χ4v) is 7.33. The van der Waals surface area contributed by atoms with Gasteiger partial charge in [-0.15, -0.1) is 0 Å². The number of ketones is 3. The Bertz CT molecular complexity index is 1780. The van der Waals surface area contributed by atoms with Crippen LogP contribution in [0.1, 0.15) is 48.1 Å². The van der Waals surface area contributed by atoms with Crippen LogP contribution in [-0.2, 0) is 0 Å². The Balaban J connectivity index is 1.58. The van der Waals surface area contributed by atoms with Gasteiger partial charge in [0, 0.05) is 38.9 Å². The Morgan fingerprint density at radius 1 is 0.810 bits per heavy atom. The number of carbonyl (C=O) groups excluding carboxylic acids is 3. The zero-order chi connectivity index (χ0) is 29.2. The molecule has 0 bridgehead atoms. The molecule has 1 saturated heterocycles. The number of halogens is 1. The Hall–Kier alpha value is -4.68. The highest BCUT2D eigenvalue weighted by Gasteiger charge is 2.72. The quantitative estimate of drug-likeness (QED) is 0.195. The van der Waals surface area contributed by atoms with Crippen molar-refractivity contribution in [3.05, 3.63) is 130 Å². The van der Waals surface area contributed by atoms with Crippen molar-refractivity contribution >= 4 is 40.7 Å². The van der Waals surface area contributed by atoms with E-state index >= 15 is 0 Å². The summed E-state index contributed by atoms with van der Waals surface area (Å²) in [6.45, 7) is 0. The van der Waals surface area contributed by atoms with Crippen LogP contribution in [0.25, 0.3) is 6.08 Å². The van der Waals surface area contributed by atoms with Crippen molar-refractivity contribution in [2.75, 3.05) is 19.1 Å². The molecule has 7 rings (SSSR count). The molecule has 4 aromatic carbocycles. The summed E-state index contributed by atoms with van der Waals surface area (Å²) in [5, 5.41) is 0.501. The van der Waals surface area contributed by atoms with Crippen LogP contribution in [0.4, 0.5) is 5.69 Å². The normalized spacial score (nSPS) is 21.2. The van der Waals surface area contributed by atoms with E-state index in [4.69, 9.17) is 21.1 Å². The van der Waals surface area contributed by atoms with E-state index in [9.17, 15) is 14.4 Å². The van der Waals surface area contributed by atoms with Crippen molar-refractivity contribution in [2.45, 2.75) is 18.0 Å². The summed E-state index contributed by atoms with van der Waals surface area (Å²) >= 11 is 6.19. The molecule has 3 aliphatic rings.